The molecule has 2 aliphatic carbocycles. The maximum Gasteiger partial charge on any atom is 0.408 e. The number of ketones is 1. The van der Waals surface area contributed by atoms with Crippen LogP contribution >= 0.6 is 0 Å². The first-order valence-corrected chi connectivity index (χ1v) is 18.7. The SMILES string of the molecule is C#CCC(NC(=O)OC(C)(C)C)(C(=O)N[C@H](C(=O)N1C[C@H](C(=C)C)C[C@H]1C(=O)NC(CC1CC1)C(=O)C(=O)NCC=C)C(C)(C)C)C1CCCCC1. The molecule has 0 aromatic heterocycles. The molecule has 12 nitrogen and oxygen atoms in total. The van der Waals surface area contributed by atoms with Crippen LogP contribution in [0.2, 0.25) is 0 Å². The molecule has 3 rings (SSSR count). The lowest BCUT2D eigenvalue weighted by atomic mass is 9.72. The number of hydrogen-bond donors (Lipinski definition) is 4. The van der Waals surface area contributed by atoms with E-state index in [0.29, 0.717) is 19.3 Å². The molecule has 0 aromatic rings. The molecular weight excluding hydrogens is 662 g/mol. The minimum atomic E-state index is -1.55. The summed E-state index contributed by atoms with van der Waals surface area (Å²) in [5.41, 5.74) is -2.44. The van der Waals surface area contributed by atoms with E-state index >= 15 is 0 Å². The molecule has 1 heterocycles. The van der Waals surface area contributed by atoms with Gasteiger partial charge in [-0.3, -0.25) is 24.0 Å². The highest BCUT2D eigenvalue weighted by molar-refractivity contribution is 6.38. The summed E-state index contributed by atoms with van der Waals surface area (Å²) in [5, 5.41) is 11.2. The highest BCUT2D eigenvalue weighted by Crippen LogP contribution is 2.38. The third-order valence-electron chi connectivity index (χ3n) is 10.3. The number of carbonyl (C=O) groups excluding carboxylic acids is 6. The van der Waals surface area contributed by atoms with Gasteiger partial charge in [0.15, 0.2) is 0 Å². The van der Waals surface area contributed by atoms with Crippen molar-refractivity contribution >= 4 is 35.5 Å². The molecule has 1 saturated heterocycles. The maximum absolute atomic E-state index is 14.7. The lowest BCUT2D eigenvalue weighted by Gasteiger charge is -2.43. The minimum Gasteiger partial charge on any atom is -0.444 e. The van der Waals surface area contributed by atoms with Gasteiger partial charge in [-0.25, -0.2) is 4.79 Å². The van der Waals surface area contributed by atoms with Crippen LogP contribution in [0.5, 0.6) is 0 Å². The van der Waals surface area contributed by atoms with Crippen LogP contribution in [0.15, 0.2) is 24.8 Å². The number of ether oxygens (including phenoxy) is 1. The molecule has 0 radical (unpaired) electrons. The molecule has 5 atom stereocenters. The molecule has 3 aliphatic rings. The quantitative estimate of drug-likeness (QED) is 0.111. The van der Waals surface area contributed by atoms with E-state index in [1.807, 2.05) is 27.7 Å². The van der Waals surface area contributed by atoms with Crippen LogP contribution in [0.3, 0.4) is 0 Å². The van der Waals surface area contributed by atoms with Gasteiger partial charge in [-0.05, 0) is 76.5 Å². The van der Waals surface area contributed by atoms with Crippen LogP contribution in [-0.4, -0.2) is 82.8 Å². The summed E-state index contributed by atoms with van der Waals surface area (Å²) in [6.07, 6.45) is 12.8. The Morgan fingerprint density at radius 2 is 1.62 bits per heavy atom. The first kappa shape index (κ1) is 42.3. The van der Waals surface area contributed by atoms with E-state index < -0.39 is 70.2 Å². The Morgan fingerprint density at radius 3 is 2.13 bits per heavy atom. The number of terminal acetylenes is 1. The van der Waals surface area contributed by atoms with Gasteiger partial charge in [0.25, 0.3) is 5.91 Å². The number of alkyl carbamates (subject to hydrolysis) is 1. The second-order valence-electron chi connectivity index (χ2n) is 17.0. The fraction of sp³-hybridized carbons (Fsp3) is 0.700. The van der Waals surface area contributed by atoms with E-state index in [4.69, 9.17) is 11.2 Å². The molecule has 12 heteroatoms. The fourth-order valence-electron chi connectivity index (χ4n) is 7.21. The van der Waals surface area contributed by atoms with Crippen molar-refractivity contribution in [3.63, 3.8) is 0 Å². The molecular formula is C40H61N5O7. The van der Waals surface area contributed by atoms with Gasteiger partial charge in [-0.15, -0.1) is 18.9 Å². The topological polar surface area (TPSA) is 163 Å². The van der Waals surface area contributed by atoms with Gasteiger partial charge in [0.2, 0.25) is 23.5 Å². The zero-order valence-electron chi connectivity index (χ0n) is 32.3. The summed E-state index contributed by atoms with van der Waals surface area (Å²) in [6.45, 7) is 20.4. The van der Waals surface area contributed by atoms with Crippen molar-refractivity contribution in [2.75, 3.05) is 13.1 Å². The van der Waals surface area contributed by atoms with Crippen molar-refractivity contribution < 1.29 is 33.5 Å². The average molecular weight is 724 g/mol. The Labute approximate surface area is 310 Å². The normalized spacial score (nSPS) is 21.7. The number of nitrogens with one attached hydrogen (secondary N) is 4. The Bertz CT molecular complexity index is 1430. The number of rotatable bonds is 15. The highest BCUT2D eigenvalue weighted by atomic mass is 16.6. The van der Waals surface area contributed by atoms with Crippen molar-refractivity contribution in [1.29, 1.82) is 0 Å². The molecule has 5 amide bonds. The standard InChI is InChI=1S/C40H61N5O7/c1-11-20-40(28-16-14-13-15-17-28,44-37(51)52-39(8,9)10)36(50)43-32(38(5,6)7)35(49)45-24-27(25(3)4)23-30(45)33(47)42-29(22-26-18-19-26)31(46)34(48)41-21-12-2/h1,12,26-30,32H,2-3,13-24H2,4-10H3,(H,41,48)(H,42,47)(H,43,50)(H,44,51)/t27-,29?,30+,32-,40?/m1/s1. The van der Waals surface area contributed by atoms with Crippen LogP contribution < -0.4 is 21.3 Å². The maximum atomic E-state index is 14.7. The van der Waals surface area contributed by atoms with Crippen molar-refractivity contribution in [2.24, 2.45) is 23.2 Å². The van der Waals surface area contributed by atoms with Gasteiger partial charge in [0.1, 0.15) is 23.2 Å². The Kier molecular flexibility index (Phi) is 14.3. The second-order valence-corrected chi connectivity index (χ2v) is 17.0. The number of hydrogen-bond acceptors (Lipinski definition) is 7. The van der Waals surface area contributed by atoms with E-state index in [9.17, 15) is 28.8 Å². The van der Waals surface area contributed by atoms with E-state index in [0.717, 1.165) is 37.7 Å². The Balaban J connectivity index is 1.97. The third-order valence-corrected chi connectivity index (χ3v) is 10.3. The monoisotopic (exact) mass is 723 g/mol. The lowest BCUT2D eigenvalue weighted by molar-refractivity contribution is -0.146. The van der Waals surface area contributed by atoms with Crippen LogP contribution in [0.1, 0.15) is 113 Å². The smallest absolute Gasteiger partial charge is 0.408 e. The van der Waals surface area contributed by atoms with Crippen LogP contribution in [0, 0.1) is 35.5 Å². The molecule has 2 saturated carbocycles. The molecule has 3 fully saturated rings. The summed E-state index contributed by atoms with van der Waals surface area (Å²) >= 11 is 0. The Hall–Kier alpha value is -4.14. The van der Waals surface area contributed by atoms with E-state index in [1.165, 1.54) is 11.0 Å². The fourth-order valence-corrected chi connectivity index (χ4v) is 7.21. The zero-order chi connectivity index (χ0) is 39.0. The predicted octanol–water partition coefficient (Wildman–Crippen LogP) is 4.33. The summed E-state index contributed by atoms with van der Waals surface area (Å²) in [6, 6.07) is -3.17. The molecule has 4 N–H and O–H groups in total. The molecule has 1 aliphatic heterocycles. The number of nitrogens with zero attached hydrogens (tertiary/aromatic N) is 1. The predicted molar refractivity (Wildman–Crippen MR) is 199 cm³/mol. The lowest BCUT2D eigenvalue weighted by Crippen LogP contribution is -2.67. The molecule has 52 heavy (non-hydrogen) atoms. The number of amides is 5. The summed E-state index contributed by atoms with van der Waals surface area (Å²) in [4.78, 5) is 84.0. The molecule has 0 bridgehead atoms. The van der Waals surface area contributed by atoms with E-state index in [2.05, 4.69) is 40.3 Å². The average Bonchev–Trinajstić information content (AvgIpc) is 3.76. The van der Waals surface area contributed by atoms with Crippen LogP contribution in [0.25, 0.3) is 0 Å². The summed E-state index contributed by atoms with van der Waals surface area (Å²) in [5.74, 6) is -0.898. The second kappa shape index (κ2) is 17.6. The van der Waals surface area contributed by atoms with Crippen molar-refractivity contribution in [2.45, 2.75) is 142 Å². The minimum absolute atomic E-state index is 0.108. The summed E-state index contributed by atoms with van der Waals surface area (Å²) in [7, 11) is 0. The summed E-state index contributed by atoms with van der Waals surface area (Å²) < 4.78 is 5.59. The molecule has 2 unspecified atom stereocenters. The first-order chi connectivity index (χ1) is 24.2. The number of Topliss-reactive ketones (excluding diaryl/α,β-unsaturated/α-hetero) is 1. The zero-order valence-corrected chi connectivity index (χ0v) is 32.3. The van der Waals surface area contributed by atoms with Gasteiger partial charge in [-0.1, -0.05) is 71.1 Å². The van der Waals surface area contributed by atoms with Gasteiger partial charge in [-0.2, -0.15) is 0 Å². The Morgan fingerprint density at radius 1 is 0.981 bits per heavy atom. The first-order valence-electron chi connectivity index (χ1n) is 18.7. The van der Waals surface area contributed by atoms with Gasteiger partial charge < -0.3 is 30.9 Å². The van der Waals surface area contributed by atoms with Gasteiger partial charge in [0, 0.05) is 19.5 Å². The van der Waals surface area contributed by atoms with E-state index in [-0.39, 0.29) is 43.7 Å². The van der Waals surface area contributed by atoms with Gasteiger partial charge >= 0.3 is 6.09 Å². The van der Waals surface area contributed by atoms with Crippen molar-refractivity contribution in [3.05, 3.63) is 24.8 Å². The highest BCUT2D eigenvalue weighted by Gasteiger charge is 2.51. The van der Waals surface area contributed by atoms with Crippen LogP contribution in [0.4, 0.5) is 4.79 Å². The molecule has 288 valence electrons. The van der Waals surface area contributed by atoms with E-state index in [1.54, 1.807) is 20.8 Å². The molecule has 0 spiro atoms. The number of likely N-dealkylation sites (tertiary alicyclic amines) is 1. The van der Waals surface area contributed by atoms with Crippen LogP contribution in [-0.2, 0) is 28.7 Å². The van der Waals surface area contributed by atoms with Crippen molar-refractivity contribution in [1.82, 2.24) is 26.2 Å². The third kappa shape index (κ3) is 11.2. The van der Waals surface area contributed by atoms with Gasteiger partial charge in [0.05, 0.1) is 6.04 Å². The van der Waals surface area contributed by atoms with Crippen molar-refractivity contribution in [3.8, 4) is 12.3 Å². The molecule has 0 aromatic carbocycles. The number of carbonyl (C=O) groups is 6. The largest absolute Gasteiger partial charge is 0.444 e.